The second-order valence-corrected chi connectivity index (χ2v) is 3.82. The van der Waals surface area contributed by atoms with Gasteiger partial charge in [0.1, 0.15) is 0 Å². The third-order valence-electron chi connectivity index (χ3n) is 1.95. The summed E-state index contributed by atoms with van der Waals surface area (Å²) in [4.78, 5) is 12.9. The van der Waals surface area contributed by atoms with Gasteiger partial charge in [0.25, 0.3) is 0 Å². The zero-order chi connectivity index (χ0) is 11.9. The van der Waals surface area contributed by atoms with Crippen molar-refractivity contribution in [2.24, 2.45) is 11.3 Å². The van der Waals surface area contributed by atoms with E-state index in [4.69, 9.17) is 16.4 Å². The van der Waals surface area contributed by atoms with Gasteiger partial charge in [0.15, 0.2) is 0 Å². The highest BCUT2D eigenvalue weighted by Gasteiger charge is 2.29. The van der Waals surface area contributed by atoms with Gasteiger partial charge in [0, 0.05) is 6.54 Å². The van der Waals surface area contributed by atoms with E-state index >= 15 is 0 Å². The number of amides is 1. The minimum atomic E-state index is -0.720. The second kappa shape index (κ2) is 5.97. The first-order valence-electron chi connectivity index (χ1n) is 4.45. The maximum Gasteiger partial charge on any atom is 0.240 e. The Morgan fingerprint density at radius 1 is 1.40 bits per heavy atom. The summed E-state index contributed by atoms with van der Waals surface area (Å²) in [6.07, 6.45) is 0. The zero-order valence-corrected chi connectivity index (χ0v) is 8.95. The number of nitrogens with two attached hydrogens (primary N) is 1. The molecule has 1 amide bonds. The van der Waals surface area contributed by atoms with Crippen LogP contribution in [0.3, 0.4) is 0 Å². The van der Waals surface area contributed by atoms with E-state index in [0.29, 0.717) is 6.54 Å². The predicted octanol–water partition coefficient (Wildman–Crippen LogP) is -0.648. The van der Waals surface area contributed by atoms with Gasteiger partial charge < -0.3 is 0 Å². The van der Waals surface area contributed by atoms with Gasteiger partial charge >= 0.3 is 0 Å². The Balaban J connectivity index is 4.46. The summed E-state index contributed by atoms with van der Waals surface area (Å²) in [6.45, 7) is 3.97. The van der Waals surface area contributed by atoms with E-state index in [9.17, 15) is 4.79 Å². The fourth-order valence-corrected chi connectivity index (χ4v) is 1.19. The van der Waals surface area contributed by atoms with Crippen LogP contribution in [0.5, 0.6) is 0 Å². The Bertz CT molecular complexity index is 283. The highest BCUT2D eigenvalue weighted by molar-refractivity contribution is 5.81. The molecule has 0 bridgehead atoms. The third-order valence-corrected chi connectivity index (χ3v) is 1.95. The van der Waals surface area contributed by atoms with Crippen molar-refractivity contribution >= 4 is 5.91 Å². The fraction of sp³-hybridized carbons (Fsp3) is 0.667. The fourth-order valence-electron chi connectivity index (χ4n) is 1.19. The van der Waals surface area contributed by atoms with Crippen molar-refractivity contribution in [2.75, 3.05) is 19.6 Å². The molecule has 0 aromatic rings. The molecule has 82 valence electrons. The van der Waals surface area contributed by atoms with Crippen LogP contribution < -0.4 is 11.3 Å². The van der Waals surface area contributed by atoms with E-state index in [1.807, 2.05) is 12.1 Å². The molecular weight excluding hydrogens is 194 g/mol. The standard InChI is InChI=1S/C9H15N5O/c1-9(2,8(15)13-12)7-14(5-3-10)6-4-11/h5-7,12H2,1-2H3,(H,13,15). The lowest BCUT2D eigenvalue weighted by atomic mass is 9.92. The summed E-state index contributed by atoms with van der Waals surface area (Å²) in [5.74, 6) is 4.72. The predicted molar refractivity (Wildman–Crippen MR) is 53.8 cm³/mol. The number of hydrazine groups is 1. The number of nitrogens with zero attached hydrogens (tertiary/aromatic N) is 3. The Morgan fingerprint density at radius 2 is 1.87 bits per heavy atom. The minimum absolute atomic E-state index is 0.120. The summed E-state index contributed by atoms with van der Waals surface area (Å²) in [6, 6.07) is 3.89. The average molecular weight is 209 g/mol. The van der Waals surface area contributed by atoms with Crippen molar-refractivity contribution in [1.29, 1.82) is 10.5 Å². The smallest absolute Gasteiger partial charge is 0.240 e. The number of hydrogen-bond acceptors (Lipinski definition) is 5. The summed E-state index contributed by atoms with van der Waals surface area (Å²) in [7, 11) is 0. The Morgan fingerprint density at radius 3 is 2.20 bits per heavy atom. The van der Waals surface area contributed by atoms with Gasteiger partial charge in [0.05, 0.1) is 30.6 Å². The van der Waals surface area contributed by atoms with Gasteiger partial charge in [-0.15, -0.1) is 0 Å². The van der Waals surface area contributed by atoms with E-state index in [1.165, 1.54) is 0 Å². The van der Waals surface area contributed by atoms with E-state index in [-0.39, 0.29) is 19.0 Å². The molecule has 15 heavy (non-hydrogen) atoms. The first-order chi connectivity index (χ1) is 6.97. The summed E-state index contributed by atoms with van der Waals surface area (Å²) < 4.78 is 0. The topological polar surface area (TPSA) is 106 Å². The molecule has 6 heteroatoms. The monoisotopic (exact) mass is 209 g/mol. The number of nitriles is 2. The van der Waals surface area contributed by atoms with Gasteiger partial charge in [-0.2, -0.15) is 10.5 Å². The third kappa shape index (κ3) is 4.41. The SMILES string of the molecule is CC(C)(CN(CC#N)CC#N)C(=O)NN. The molecular formula is C9H15N5O. The Kier molecular flexibility index (Phi) is 5.32. The normalized spacial score (nSPS) is 10.5. The lowest BCUT2D eigenvalue weighted by Gasteiger charge is -2.27. The molecule has 0 rings (SSSR count). The Hall–Kier alpha value is -1.63. The molecule has 0 aromatic carbocycles. The van der Waals surface area contributed by atoms with Gasteiger partial charge in [-0.1, -0.05) is 0 Å². The average Bonchev–Trinajstić information content (AvgIpc) is 2.16. The lowest BCUT2D eigenvalue weighted by molar-refractivity contribution is -0.130. The van der Waals surface area contributed by atoms with Crippen molar-refractivity contribution in [3.63, 3.8) is 0 Å². The van der Waals surface area contributed by atoms with Crippen LogP contribution in [0.15, 0.2) is 0 Å². The summed E-state index contributed by atoms with van der Waals surface area (Å²) >= 11 is 0. The largest absolute Gasteiger partial charge is 0.294 e. The molecule has 0 heterocycles. The van der Waals surface area contributed by atoms with Gasteiger partial charge in [-0.25, -0.2) is 5.84 Å². The molecule has 0 saturated heterocycles. The first kappa shape index (κ1) is 13.4. The highest BCUT2D eigenvalue weighted by Crippen LogP contribution is 2.16. The second-order valence-electron chi connectivity index (χ2n) is 3.82. The van der Waals surface area contributed by atoms with Crippen LogP contribution in [0, 0.1) is 28.1 Å². The summed E-state index contributed by atoms with van der Waals surface area (Å²) in [5, 5.41) is 17.1. The quantitative estimate of drug-likeness (QED) is 0.271. The van der Waals surface area contributed by atoms with E-state index in [0.717, 1.165) is 0 Å². The van der Waals surface area contributed by atoms with Crippen LogP contribution >= 0.6 is 0 Å². The molecule has 0 aliphatic rings. The number of carbonyl (C=O) groups excluding carboxylic acids is 1. The molecule has 3 N–H and O–H groups in total. The maximum absolute atomic E-state index is 11.3. The zero-order valence-electron chi connectivity index (χ0n) is 8.95. The molecule has 0 aliphatic carbocycles. The van der Waals surface area contributed by atoms with Crippen molar-refractivity contribution in [1.82, 2.24) is 10.3 Å². The molecule has 0 fully saturated rings. The molecule has 0 saturated carbocycles. The van der Waals surface area contributed by atoms with Gasteiger partial charge in [0.2, 0.25) is 5.91 Å². The van der Waals surface area contributed by atoms with Gasteiger partial charge in [-0.05, 0) is 13.8 Å². The minimum Gasteiger partial charge on any atom is -0.294 e. The maximum atomic E-state index is 11.3. The van der Waals surface area contributed by atoms with Crippen LogP contribution in [0.2, 0.25) is 0 Å². The number of nitrogens with one attached hydrogen (secondary N) is 1. The van der Waals surface area contributed by atoms with Crippen LogP contribution in [0.25, 0.3) is 0 Å². The Labute approximate surface area is 89.2 Å². The number of rotatable bonds is 5. The lowest BCUT2D eigenvalue weighted by Crippen LogP contribution is -2.47. The van der Waals surface area contributed by atoms with Crippen molar-refractivity contribution in [2.45, 2.75) is 13.8 Å². The van der Waals surface area contributed by atoms with Crippen LogP contribution in [0.4, 0.5) is 0 Å². The van der Waals surface area contributed by atoms with Crippen LogP contribution in [-0.2, 0) is 4.79 Å². The van der Waals surface area contributed by atoms with Crippen LogP contribution in [-0.4, -0.2) is 30.4 Å². The number of carbonyl (C=O) groups is 1. The number of hydrogen-bond donors (Lipinski definition) is 2. The van der Waals surface area contributed by atoms with Gasteiger partial charge in [-0.3, -0.25) is 15.1 Å². The molecule has 0 aliphatic heterocycles. The molecule has 0 aromatic heterocycles. The molecule has 0 atom stereocenters. The van der Waals surface area contributed by atoms with Crippen molar-refractivity contribution in [3.8, 4) is 12.1 Å². The van der Waals surface area contributed by atoms with Crippen molar-refractivity contribution in [3.05, 3.63) is 0 Å². The first-order valence-corrected chi connectivity index (χ1v) is 4.45. The molecule has 6 nitrogen and oxygen atoms in total. The van der Waals surface area contributed by atoms with E-state index in [1.54, 1.807) is 18.7 Å². The van der Waals surface area contributed by atoms with Crippen LogP contribution in [0.1, 0.15) is 13.8 Å². The van der Waals surface area contributed by atoms with E-state index < -0.39 is 5.41 Å². The van der Waals surface area contributed by atoms with Crippen molar-refractivity contribution < 1.29 is 4.79 Å². The van der Waals surface area contributed by atoms with E-state index in [2.05, 4.69) is 5.43 Å². The summed E-state index contributed by atoms with van der Waals surface area (Å²) in [5.41, 5.74) is 1.34. The highest BCUT2D eigenvalue weighted by atomic mass is 16.2. The molecule has 0 radical (unpaired) electrons. The molecule has 0 unspecified atom stereocenters. The molecule has 0 spiro atoms.